The number of rotatable bonds is 5. The van der Waals surface area contributed by atoms with Crippen LogP contribution in [0.15, 0.2) is 12.3 Å². The summed E-state index contributed by atoms with van der Waals surface area (Å²) in [4.78, 5) is 30.7. The van der Waals surface area contributed by atoms with Gasteiger partial charge in [-0.1, -0.05) is 0 Å². The Balaban J connectivity index is 1.50. The summed E-state index contributed by atoms with van der Waals surface area (Å²) in [6, 6.07) is 2.01. The third-order valence-corrected chi connectivity index (χ3v) is 5.15. The third-order valence-electron chi connectivity index (χ3n) is 5.15. The molecule has 2 aliphatic heterocycles. The molecule has 24 heavy (non-hydrogen) atoms. The zero-order valence-corrected chi connectivity index (χ0v) is 14.6. The molecule has 0 saturated carbocycles. The van der Waals surface area contributed by atoms with Crippen LogP contribution in [-0.4, -0.2) is 83.5 Å². The summed E-state index contributed by atoms with van der Waals surface area (Å²) < 4.78 is 0. The highest BCUT2D eigenvalue weighted by Gasteiger charge is 2.37. The third kappa shape index (κ3) is 3.77. The monoisotopic (exact) mass is 333 g/mol. The highest BCUT2D eigenvalue weighted by Crippen LogP contribution is 2.28. The van der Waals surface area contributed by atoms with Crippen molar-refractivity contribution in [1.82, 2.24) is 24.9 Å². The second-order valence-electron chi connectivity index (χ2n) is 7.16. The van der Waals surface area contributed by atoms with Crippen molar-refractivity contribution in [2.24, 2.45) is 5.92 Å². The largest absolute Gasteiger partial charge is 0.342 e. The van der Waals surface area contributed by atoms with Crippen molar-refractivity contribution in [1.29, 1.82) is 0 Å². The standard InChI is InChI=1S/C17H27N5O2/c1-20(2)9-10-22-12-14(11-16(22)23)17(24)21-7-4-13(5-8-21)15-3-6-18-19-15/h3,6,13-14H,4-5,7-12H2,1-2H3,(H,18,19). The van der Waals surface area contributed by atoms with Crippen molar-refractivity contribution in [2.45, 2.75) is 25.2 Å². The molecule has 7 nitrogen and oxygen atoms in total. The molecule has 3 heterocycles. The Bertz CT molecular complexity index is 564. The van der Waals surface area contributed by atoms with E-state index in [1.165, 1.54) is 0 Å². The fourth-order valence-corrected chi connectivity index (χ4v) is 3.64. The normalized spacial score (nSPS) is 22.6. The van der Waals surface area contributed by atoms with E-state index in [2.05, 4.69) is 15.1 Å². The Morgan fingerprint density at radius 2 is 2.12 bits per heavy atom. The van der Waals surface area contributed by atoms with Gasteiger partial charge in [0.15, 0.2) is 0 Å². The molecule has 3 rings (SSSR count). The van der Waals surface area contributed by atoms with Gasteiger partial charge in [0.05, 0.1) is 5.92 Å². The Morgan fingerprint density at radius 1 is 1.38 bits per heavy atom. The van der Waals surface area contributed by atoms with Crippen molar-refractivity contribution in [2.75, 3.05) is 46.8 Å². The first-order valence-corrected chi connectivity index (χ1v) is 8.75. The molecule has 2 saturated heterocycles. The molecule has 0 aromatic carbocycles. The van der Waals surface area contributed by atoms with Crippen LogP contribution in [0, 0.1) is 5.92 Å². The number of aromatic amines is 1. The lowest BCUT2D eigenvalue weighted by Crippen LogP contribution is -2.42. The van der Waals surface area contributed by atoms with Gasteiger partial charge in [0.1, 0.15) is 0 Å². The van der Waals surface area contributed by atoms with Crippen LogP contribution in [0.4, 0.5) is 0 Å². The van der Waals surface area contributed by atoms with E-state index in [1.807, 2.05) is 30.0 Å². The average Bonchev–Trinajstić information content (AvgIpc) is 3.22. The van der Waals surface area contributed by atoms with E-state index in [0.29, 0.717) is 25.4 Å². The predicted molar refractivity (Wildman–Crippen MR) is 90.4 cm³/mol. The van der Waals surface area contributed by atoms with Crippen molar-refractivity contribution in [3.63, 3.8) is 0 Å². The molecular weight excluding hydrogens is 306 g/mol. The highest BCUT2D eigenvalue weighted by atomic mass is 16.2. The molecule has 1 aromatic heterocycles. The molecule has 1 atom stereocenters. The van der Waals surface area contributed by atoms with Gasteiger partial charge in [-0.15, -0.1) is 0 Å². The van der Waals surface area contributed by atoms with Crippen LogP contribution >= 0.6 is 0 Å². The number of hydrogen-bond acceptors (Lipinski definition) is 4. The van der Waals surface area contributed by atoms with Crippen molar-refractivity contribution >= 4 is 11.8 Å². The van der Waals surface area contributed by atoms with Crippen LogP contribution in [0.1, 0.15) is 30.9 Å². The SMILES string of the molecule is CN(C)CCN1CC(C(=O)N2CCC(c3ccn[nH]3)CC2)CC1=O. The predicted octanol–water partition coefficient (Wildman–Crippen LogP) is 0.526. The molecule has 7 heteroatoms. The first-order valence-electron chi connectivity index (χ1n) is 8.75. The summed E-state index contributed by atoms with van der Waals surface area (Å²) in [6.07, 6.45) is 4.06. The molecule has 2 amide bonds. The van der Waals surface area contributed by atoms with Crippen molar-refractivity contribution in [3.8, 4) is 0 Å². The minimum absolute atomic E-state index is 0.113. The molecule has 1 aromatic rings. The topological polar surface area (TPSA) is 72.5 Å². The Hall–Kier alpha value is -1.89. The Morgan fingerprint density at radius 3 is 2.75 bits per heavy atom. The minimum atomic E-state index is -0.164. The molecule has 0 bridgehead atoms. The first-order chi connectivity index (χ1) is 11.5. The molecule has 0 radical (unpaired) electrons. The van der Waals surface area contributed by atoms with E-state index >= 15 is 0 Å². The van der Waals surface area contributed by atoms with Gasteiger partial charge in [-0.05, 0) is 33.0 Å². The maximum absolute atomic E-state index is 12.7. The highest BCUT2D eigenvalue weighted by molar-refractivity contribution is 5.89. The summed E-state index contributed by atoms with van der Waals surface area (Å²) in [7, 11) is 3.99. The number of likely N-dealkylation sites (tertiary alicyclic amines) is 2. The van der Waals surface area contributed by atoms with Gasteiger partial charge in [0.25, 0.3) is 0 Å². The lowest BCUT2D eigenvalue weighted by Gasteiger charge is -2.33. The second kappa shape index (κ2) is 7.34. The molecule has 2 fully saturated rings. The Labute approximate surface area is 143 Å². The quantitative estimate of drug-likeness (QED) is 0.853. The number of carbonyl (C=O) groups excluding carboxylic acids is 2. The number of aromatic nitrogens is 2. The zero-order chi connectivity index (χ0) is 17.1. The maximum Gasteiger partial charge on any atom is 0.227 e. The first kappa shape index (κ1) is 17.0. The summed E-state index contributed by atoms with van der Waals surface area (Å²) in [5, 5.41) is 7.04. The summed E-state index contributed by atoms with van der Waals surface area (Å²) in [5.74, 6) is 0.558. The number of carbonyl (C=O) groups is 2. The number of likely N-dealkylation sites (N-methyl/N-ethyl adjacent to an activating group) is 1. The smallest absolute Gasteiger partial charge is 0.227 e. The van der Waals surface area contributed by atoms with E-state index in [9.17, 15) is 9.59 Å². The number of hydrogen-bond donors (Lipinski definition) is 1. The van der Waals surface area contributed by atoms with Crippen LogP contribution in [0.5, 0.6) is 0 Å². The summed E-state index contributed by atoms with van der Waals surface area (Å²) in [6.45, 7) is 3.65. The van der Waals surface area contributed by atoms with E-state index in [0.717, 1.165) is 38.2 Å². The van der Waals surface area contributed by atoms with Gasteiger partial charge in [0, 0.05) is 57.0 Å². The van der Waals surface area contributed by atoms with Crippen LogP contribution in [0.25, 0.3) is 0 Å². The summed E-state index contributed by atoms with van der Waals surface area (Å²) >= 11 is 0. The molecule has 2 aliphatic rings. The van der Waals surface area contributed by atoms with Gasteiger partial charge in [0.2, 0.25) is 11.8 Å². The van der Waals surface area contributed by atoms with E-state index in [4.69, 9.17) is 0 Å². The molecule has 132 valence electrons. The van der Waals surface area contributed by atoms with Gasteiger partial charge >= 0.3 is 0 Å². The van der Waals surface area contributed by atoms with Gasteiger partial charge in [-0.3, -0.25) is 14.7 Å². The average molecular weight is 333 g/mol. The number of amides is 2. The summed E-state index contributed by atoms with van der Waals surface area (Å²) in [5.41, 5.74) is 1.16. The zero-order valence-electron chi connectivity index (χ0n) is 14.6. The molecule has 1 N–H and O–H groups in total. The molecular formula is C17H27N5O2. The number of piperidine rings is 1. The fourth-order valence-electron chi connectivity index (χ4n) is 3.64. The van der Waals surface area contributed by atoms with Crippen molar-refractivity contribution < 1.29 is 9.59 Å². The Kier molecular flexibility index (Phi) is 5.18. The maximum atomic E-state index is 12.7. The number of nitrogens with zero attached hydrogens (tertiary/aromatic N) is 4. The fraction of sp³-hybridized carbons (Fsp3) is 0.706. The van der Waals surface area contributed by atoms with E-state index in [-0.39, 0.29) is 17.7 Å². The molecule has 1 unspecified atom stereocenters. The lowest BCUT2D eigenvalue weighted by molar-refractivity contribution is -0.136. The van der Waals surface area contributed by atoms with Crippen LogP contribution < -0.4 is 0 Å². The minimum Gasteiger partial charge on any atom is -0.342 e. The number of nitrogens with one attached hydrogen (secondary N) is 1. The van der Waals surface area contributed by atoms with Gasteiger partial charge in [-0.2, -0.15) is 5.10 Å². The van der Waals surface area contributed by atoms with E-state index in [1.54, 1.807) is 6.20 Å². The van der Waals surface area contributed by atoms with Crippen LogP contribution in [-0.2, 0) is 9.59 Å². The van der Waals surface area contributed by atoms with Crippen LogP contribution in [0.3, 0.4) is 0 Å². The van der Waals surface area contributed by atoms with Crippen molar-refractivity contribution in [3.05, 3.63) is 18.0 Å². The second-order valence-corrected chi connectivity index (χ2v) is 7.16. The van der Waals surface area contributed by atoms with Crippen LogP contribution in [0.2, 0.25) is 0 Å². The van der Waals surface area contributed by atoms with Gasteiger partial charge < -0.3 is 14.7 Å². The molecule has 0 spiro atoms. The molecule has 0 aliphatic carbocycles. The number of H-pyrrole nitrogens is 1. The van der Waals surface area contributed by atoms with Gasteiger partial charge in [-0.25, -0.2) is 0 Å². The lowest BCUT2D eigenvalue weighted by atomic mass is 9.93. The van der Waals surface area contributed by atoms with E-state index < -0.39 is 0 Å².